The van der Waals surface area contributed by atoms with Crippen LogP contribution in [0.25, 0.3) is 16.6 Å². The second-order valence-electron chi connectivity index (χ2n) is 6.01. The second-order valence-corrected chi connectivity index (χ2v) is 6.01. The first-order valence-corrected chi connectivity index (χ1v) is 8.17. The van der Waals surface area contributed by atoms with E-state index in [0.29, 0.717) is 0 Å². The summed E-state index contributed by atoms with van der Waals surface area (Å²) in [6, 6.07) is 18.9. The lowest BCUT2D eigenvalue weighted by atomic mass is 10.1. The molecule has 0 aliphatic carbocycles. The fourth-order valence-electron chi connectivity index (χ4n) is 3.09. The molecule has 0 aliphatic rings. The first-order chi connectivity index (χ1) is 11.8. The zero-order valence-corrected chi connectivity index (χ0v) is 13.7. The van der Waals surface area contributed by atoms with E-state index in [1.807, 2.05) is 23.0 Å². The van der Waals surface area contributed by atoms with Crippen LogP contribution in [-0.4, -0.2) is 14.8 Å². The van der Waals surface area contributed by atoms with Crippen LogP contribution in [0.3, 0.4) is 0 Å². The molecule has 0 aliphatic heterocycles. The van der Waals surface area contributed by atoms with Crippen LogP contribution in [0.4, 0.5) is 0 Å². The van der Waals surface area contributed by atoms with Gasteiger partial charge in [-0.15, -0.1) is 0 Å². The molecule has 24 heavy (non-hydrogen) atoms. The highest BCUT2D eigenvalue weighted by Crippen LogP contribution is 2.19. The summed E-state index contributed by atoms with van der Waals surface area (Å²) in [6.07, 6.45) is 3.77. The van der Waals surface area contributed by atoms with Crippen LogP contribution in [0.5, 0.6) is 0 Å². The smallest absolute Gasteiger partial charge is 0.0690 e. The van der Waals surface area contributed by atoms with E-state index in [1.165, 1.54) is 27.7 Å². The van der Waals surface area contributed by atoms with Crippen molar-refractivity contribution in [3.8, 4) is 5.69 Å². The molecule has 0 amide bonds. The summed E-state index contributed by atoms with van der Waals surface area (Å²) in [5.74, 6) is 0. The van der Waals surface area contributed by atoms with Gasteiger partial charge in [-0.3, -0.25) is 0 Å². The maximum atomic E-state index is 4.33. The molecule has 0 saturated heterocycles. The van der Waals surface area contributed by atoms with Crippen LogP contribution in [-0.2, 0) is 13.1 Å². The van der Waals surface area contributed by atoms with Gasteiger partial charge in [0.15, 0.2) is 0 Å². The van der Waals surface area contributed by atoms with Crippen LogP contribution in [0.1, 0.15) is 16.8 Å². The van der Waals surface area contributed by atoms with E-state index in [4.69, 9.17) is 0 Å². The van der Waals surface area contributed by atoms with Crippen LogP contribution < -0.4 is 5.32 Å². The highest BCUT2D eigenvalue weighted by atomic mass is 15.3. The standard InChI is InChI=1S/C20H20N4/c1-15-6-4-8-19-18(15)12-17(23-19)14-21-13-16-7-2-3-9-20(16)24-11-5-10-22-24/h2-12,21,23H,13-14H2,1H3. The van der Waals surface area contributed by atoms with Gasteiger partial charge in [0.2, 0.25) is 0 Å². The van der Waals surface area contributed by atoms with Gasteiger partial charge >= 0.3 is 0 Å². The molecule has 4 nitrogen and oxygen atoms in total. The number of hydrogen-bond acceptors (Lipinski definition) is 2. The van der Waals surface area contributed by atoms with Crippen molar-refractivity contribution in [1.82, 2.24) is 20.1 Å². The fourth-order valence-corrected chi connectivity index (χ4v) is 3.09. The van der Waals surface area contributed by atoms with Gasteiger partial charge in [-0.05, 0) is 42.3 Å². The Morgan fingerprint density at radius 2 is 1.96 bits per heavy atom. The molecule has 0 bridgehead atoms. The van der Waals surface area contributed by atoms with E-state index in [9.17, 15) is 0 Å². The fraction of sp³-hybridized carbons (Fsp3) is 0.150. The molecule has 0 fully saturated rings. The molecule has 4 heteroatoms. The zero-order chi connectivity index (χ0) is 16.4. The van der Waals surface area contributed by atoms with E-state index in [0.717, 1.165) is 18.8 Å². The van der Waals surface area contributed by atoms with Gasteiger partial charge in [0.25, 0.3) is 0 Å². The number of rotatable bonds is 5. The van der Waals surface area contributed by atoms with Crippen LogP contribution >= 0.6 is 0 Å². The number of hydrogen-bond donors (Lipinski definition) is 2. The lowest BCUT2D eigenvalue weighted by Gasteiger charge is -2.10. The Hall–Kier alpha value is -2.85. The van der Waals surface area contributed by atoms with Crippen molar-refractivity contribution in [3.63, 3.8) is 0 Å². The topological polar surface area (TPSA) is 45.6 Å². The largest absolute Gasteiger partial charge is 0.357 e. The van der Waals surface area contributed by atoms with Crippen molar-refractivity contribution in [3.05, 3.63) is 83.8 Å². The van der Waals surface area contributed by atoms with Crippen LogP contribution in [0, 0.1) is 6.92 Å². The molecule has 2 aromatic heterocycles. The minimum atomic E-state index is 0.796. The monoisotopic (exact) mass is 316 g/mol. The van der Waals surface area contributed by atoms with Gasteiger partial charge < -0.3 is 10.3 Å². The summed E-state index contributed by atoms with van der Waals surface area (Å²) in [5, 5.41) is 9.16. The average molecular weight is 316 g/mol. The first-order valence-electron chi connectivity index (χ1n) is 8.17. The Balaban J connectivity index is 1.48. The quantitative estimate of drug-likeness (QED) is 0.585. The number of benzene rings is 2. The summed E-state index contributed by atoms with van der Waals surface area (Å²) in [5.41, 5.74) is 6.05. The van der Waals surface area contributed by atoms with E-state index in [1.54, 1.807) is 6.20 Å². The third kappa shape index (κ3) is 2.84. The molecular weight excluding hydrogens is 296 g/mol. The number of H-pyrrole nitrogens is 1. The summed E-state index contributed by atoms with van der Waals surface area (Å²) < 4.78 is 1.91. The third-order valence-corrected chi connectivity index (χ3v) is 4.31. The predicted molar refractivity (Wildman–Crippen MR) is 97.1 cm³/mol. The van der Waals surface area contributed by atoms with Crippen molar-refractivity contribution >= 4 is 10.9 Å². The molecule has 0 unspecified atom stereocenters. The predicted octanol–water partition coefficient (Wildman–Crippen LogP) is 3.95. The number of aromatic amines is 1. The highest BCUT2D eigenvalue weighted by Gasteiger charge is 2.05. The SMILES string of the molecule is Cc1cccc2[nH]c(CNCc3ccccc3-n3cccn3)cc12. The van der Waals surface area contributed by atoms with Crippen LogP contribution in [0.15, 0.2) is 67.0 Å². The molecule has 0 radical (unpaired) electrons. The minimum Gasteiger partial charge on any atom is -0.357 e. The molecule has 2 heterocycles. The number of fused-ring (bicyclic) bond motifs is 1. The van der Waals surface area contributed by atoms with E-state index in [-0.39, 0.29) is 0 Å². The van der Waals surface area contributed by atoms with E-state index in [2.05, 4.69) is 64.8 Å². The Morgan fingerprint density at radius 3 is 2.79 bits per heavy atom. The average Bonchev–Trinajstić information content (AvgIpc) is 3.25. The Labute approximate surface area is 141 Å². The maximum absolute atomic E-state index is 4.33. The van der Waals surface area contributed by atoms with Crippen molar-refractivity contribution in [2.75, 3.05) is 0 Å². The Bertz CT molecular complexity index is 951. The summed E-state index contributed by atoms with van der Waals surface area (Å²) >= 11 is 0. The summed E-state index contributed by atoms with van der Waals surface area (Å²) in [6.45, 7) is 3.75. The van der Waals surface area contributed by atoms with Gasteiger partial charge in [0, 0.05) is 42.1 Å². The van der Waals surface area contributed by atoms with Gasteiger partial charge in [-0.2, -0.15) is 5.10 Å². The van der Waals surface area contributed by atoms with Crippen molar-refractivity contribution in [1.29, 1.82) is 0 Å². The molecule has 0 atom stereocenters. The lowest BCUT2D eigenvalue weighted by molar-refractivity contribution is 0.677. The van der Waals surface area contributed by atoms with Crippen LogP contribution in [0.2, 0.25) is 0 Å². The highest BCUT2D eigenvalue weighted by molar-refractivity contribution is 5.83. The first kappa shape index (κ1) is 14.7. The summed E-state index contributed by atoms with van der Waals surface area (Å²) in [7, 11) is 0. The van der Waals surface area contributed by atoms with E-state index >= 15 is 0 Å². The Kier molecular flexibility index (Phi) is 3.89. The number of nitrogens with zero attached hydrogens (tertiary/aromatic N) is 2. The van der Waals surface area contributed by atoms with Gasteiger partial charge in [-0.1, -0.05) is 30.3 Å². The summed E-state index contributed by atoms with van der Waals surface area (Å²) in [4.78, 5) is 3.48. The van der Waals surface area contributed by atoms with E-state index < -0.39 is 0 Å². The van der Waals surface area contributed by atoms with Crippen molar-refractivity contribution < 1.29 is 0 Å². The minimum absolute atomic E-state index is 0.796. The van der Waals surface area contributed by atoms with Gasteiger partial charge in [0.1, 0.15) is 0 Å². The molecule has 0 spiro atoms. The lowest BCUT2D eigenvalue weighted by Crippen LogP contribution is -2.14. The van der Waals surface area contributed by atoms with Gasteiger partial charge in [0.05, 0.1) is 5.69 Å². The van der Waals surface area contributed by atoms with Crippen molar-refractivity contribution in [2.45, 2.75) is 20.0 Å². The normalized spacial score (nSPS) is 11.2. The zero-order valence-electron chi connectivity index (χ0n) is 13.7. The number of aromatic nitrogens is 3. The maximum Gasteiger partial charge on any atom is 0.0690 e. The molecule has 120 valence electrons. The molecule has 4 aromatic rings. The number of nitrogens with one attached hydrogen (secondary N) is 2. The molecule has 0 saturated carbocycles. The Morgan fingerprint density at radius 1 is 1.04 bits per heavy atom. The molecule has 4 rings (SSSR count). The number of para-hydroxylation sites is 1. The molecular formula is C20H20N4. The molecule has 2 N–H and O–H groups in total. The van der Waals surface area contributed by atoms with Gasteiger partial charge in [-0.25, -0.2) is 4.68 Å². The third-order valence-electron chi connectivity index (χ3n) is 4.31. The number of aryl methyl sites for hydroxylation is 1. The van der Waals surface area contributed by atoms with Crippen molar-refractivity contribution in [2.24, 2.45) is 0 Å². The second kappa shape index (κ2) is 6.34. The molecule has 2 aromatic carbocycles.